The fourth-order valence-electron chi connectivity index (χ4n) is 1.36. The van der Waals surface area contributed by atoms with E-state index in [1.165, 1.54) is 0 Å². The first-order chi connectivity index (χ1) is 8.49. The number of rotatable bonds is 4. The third-order valence-corrected chi connectivity index (χ3v) is 2.39. The predicted molar refractivity (Wildman–Crippen MR) is 70.8 cm³/mol. The highest BCUT2D eigenvalue weighted by Gasteiger charge is 2.29. The van der Waals surface area contributed by atoms with Crippen molar-refractivity contribution >= 4 is 17.5 Å². The van der Waals surface area contributed by atoms with Gasteiger partial charge >= 0.3 is 0 Å². The van der Waals surface area contributed by atoms with Crippen molar-refractivity contribution in [3.8, 4) is 11.9 Å². The SMILES string of the molecule is CCOC(=NC#N)C(C)(C)Oc1ccc(Cl)cc1. The molecule has 0 amide bonds. The van der Waals surface area contributed by atoms with Crippen LogP contribution >= 0.6 is 11.6 Å². The molecular weight excluding hydrogens is 252 g/mol. The van der Waals surface area contributed by atoms with E-state index in [1.807, 2.05) is 6.92 Å². The van der Waals surface area contributed by atoms with Crippen molar-refractivity contribution in [3.05, 3.63) is 29.3 Å². The van der Waals surface area contributed by atoms with Gasteiger partial charge in [-0.3, -0.25) is 0 Å². The molecule has 0 aliphatic heterocycles. The highest BCUT2D eigenvalue weighted by molar-refractivity contribution is 6.30. The van der Waals surface area contributed by atoms with E-state index < -0.39 is 5.60 Å². The number of halogens is 1. The Balaban J connectivity index is 2.89. The molecule has 1 rings (SSSR count). The lowest BCUT2D eigenvalue weighted by molar-refractivity contribution is 0.140. The van der Waals surface area contributed by atoms with Crippen LogP contribution in [0.1, 0.15) is 20.8 Å². The molecule has 0 fully saturated rings. The lowest BCUT2D eigenvalue weighted by atomic mass is 10.1. The van der Waals surface area contributed by atoms with Gasteiger partial charge in [-0.1, -0.05) is 11.6 Å². The summed E-state index contributed by atoms with van der Waals surface area (Å²) in [7, 11) is 0. The van der Waals surface area contributed by atoms with Crippen LogP contribution in [0, 0.1) is 11.5 Å². The Morgan fingerprint density at radius 1 is 1.39 bits per heavy atom. The van der Waals surface area contributed by atoms with Crippen LogP contribution in [0.3, 0.4) is 0 Å². The van der Waals surface area contributed by atoms with Crippen LogP contribution in [-0.4, -0.2) is 18.1 Å². The fraction of sp³-hybridized carbons (Fsp3) is 0.385. The zero-order chi connectivity index (χ0) is 13.6. The van der Waals surface area contributed by atoms with E-state index in [2.05, 4.69) is 4.99 Å². The summed E-state index contributed by atoms with van der Waals surface area (Å²) in [4.78, 5) is 3.65. The van der Waals surface area contributed by atoms with Gasteiger partial charge in [-0.2, -0.15) is 5.26 Å². The normalized spacial score (nSPS) is 11.8. The summed E-state index contributed by atoms with van der Waals surface area (Å²) < 4.78 is 11.1. The van der Waals surface area contributed by atoms with Crippen LogP contribution in [-0.2, 0) is 4.74 Å². The zero-order valence-corrected chi connectivity index (χ0v) is 11.4. The third-order valence-electron chi connectivity index (χ3n) is 2.13. The first-order valence-electron chi connectivity index (χ1n) is 5.54. The van der Waals surface area contributed by atoms with E-state index >= 15 is 0 Å². The van der Waals surface area contributed by atoms with Crippen LogP contribution < -0.4 is 4.74 Å². The first-order valence-corrected chi connectivity index (χ1v) is 5.92. The maximum atomic E-state index is 8.64. The minimum Gasteiger partial charge on any atom is -0.478 e. The van der Waals surface area contributed by atoms with Crippen molar-refractivity contribution < 1.29 is 9.47 Å². The van der Waals surface area contributed by atoms with Crippen LogP contribution in [0.2, 0.25) is 5.02 Å². The lowest BCUT2D eigenvalue weighted by Crippen LogP contribution is -2.39. The Labute approximate surface area is 112 Å². The summed E-state index contributed by atoms with van der Waals surface area (Å²) in [6.07, 6.45) is 1.72. The Bertz CT molecular complexity index is 461. The highest BCUT2D eigenvalue weighted by Crippen LogP contribution is 2.22. The second kappa shape index (κ2) is 6.27. The first kappa shape index (κ1) is 14.3. The van der Waals surface area contributed by atoms with Gasteiger partial charge in [-0.25, -0.2) is 0 Å². The van der Waals surface area contributed by atoms with Crippen molar-refractivity contribution in [1.29, 1.82) is 5.26 Å². The van der Waals surface area contributed by atoms with E-state index in [4.69, 9.17) is 26.3 Å². The Kier molecular flexibility index (Phi) is 4.99. The number of hydrogen-bond donors (Lipinski definition) is 0. The standard InChI is InChI=1S/C13H15ClN2O2/c1-4-17-12(16-9-15)13(2,3)18-11-7-5-10(14)6-8-11/h5-8H,4H2,1-3H3. The molecule has 96 valence electrons. The van der Waals surface area contributed by atoms with E-state index in [0.717, 1.165) is 0 Å². The number of hydrogen-bond acceptors (Lipinski definition) is 4. The average Bonchev–Trinajstić information content (AvgIpc) is 2.32. The van der Waals surface area contributed by atoms with Gasteiger partial charge in [0.1, 0.15) is 5.75 Å². The molecule has 0 aromatic heterocycles. The molecule has 1 aromatic carbocycles. The number of nitriles is 1. The highest BCUT2D eigenvalue weighted by atomic mass is 35.5. The summed E-state index contributed by atoms with van der Waals surface area (Å²) in [5.41, 5.74) is -0.820. The van der Waals surface area contributed by atoms with Gasteiger partial charge in [0, 0.05) is 5.02 Å². The lowest BCUT2D eigenvalue weighted by Gasteiger charge is -2.26. The number of ether oxygens (including phenoxy) is 2. The molecule has 0 saturated heterocycles. The Morgan fingerprint density at radius 3 is 2.50 bits per heavy atom. The average molecular weight is 267 g/mol. The minimum atomic E-state index is -0.820. The molecular formula is C13H15ClN2O2. The van der Waals surface area contributed by atoms with E-state index in [-0.39, 0.29) is 5.90 Å². The van der Waals surface area contributed by atoms with Gasteiger partial charge < -0.3 is 9.47 Å². The van der Waals surface area contributed by atoms with E-state index in [0.29, 0.717) is 17.4 Å². The van der Waals surface area contributed by atoms with Crippen LogP contribution in [0.15, 0.2) is 29.3 Å². The maximum Gasteiger partial charge on any atom is 0.243 e. The molecule has 5 heteroatoms. The van der Waals surface area contributed by atoms with Crippen molar-refractivity contribution in [1.82, 2.24) is 0 Å². The molecule has 1 aromatic rings. The molecule has 0 saturated carbocycles. The molecule has 18 heavy (non-hydrogen) atoms. The molecule has 0 heterocycles. The van der Waals surface area contributed by atoms with Crippen molar-refractivity contribution in [3.63, 3.8) is 0 Å². The quantitative estimate of drug-likeness (QED) is 0.477. The summed E-state index contributed by atoms with van der Waals surface area (Å²) in [5, 5.41) is 9.27. The van der Waals surface area contributed by atoms with E-state index in [1.54, 1.807) is 44.3 Å². The largest absolute Gasteiger partial charge is 0.478 e. The topological polar surface area (TPSA) is 54.6 Å². The van der Waals surface area contributed by atoms with Crippen molar-refractivity contribution in [2.45, 2.75) is 26.4 Å². The summed E-state index contributed by atoms with van der Waals surface area (Å²) in [6, 6.07) is 6.96. The van der Waals surface area contributed by atoms with Crippen LogP contribution in [0.4, 0.5) is 0 Å². The van der Waals surface area contributed by atoms with Gasteiger partial charge in [0.15, 0.2) is 5.60 Å². The fourth-order valence-corrected chi connectivity index (χ4v) is 1.49. The summed E-state index contributed by atoms with van der Waals surface area (Å²) >= 11 is 5.80. The monoisotopic (exact) mass is 266 g/mol. The molecule has 4 nitrogen and oxygen atoms in total. The van der Waals surface area contributed by atoms with Crippen molar-refractivity contribution in [2.75, 3.05) is 6.61 Å². The molecule has 0 aliphatic rings. The van der Waals surface area contributed by atoms with Gasteiger partial charge in [0.25, 0.3) is 0 Å². The minimum absolute atomic E-state index is 0.252. The molecule has 0 bridgehead atoms. The molecule has 0 aliphatic carbocycles. The predicted octanol–water partition coefficient (Wildman–Crippen LogP) is 3.41. The maximum absolute atomic E-state index is 8.64. The van der Waals surface area contributed by atoms with Gasteiger partial charge in [-0.15, -0.1) is 4.99 Å². The van der Waals surface area contributed by atoms with Crippen LogP contribution in [0.5, 0.6) is 5.75 Å². The zero-order valence-electron chi connectivity index (χ0n) is 10.6. The third kappa shape index (κ3) is 3.94. The molecule has 0 atom stereocenters. The summed E-state index contributed by atoms with van der Waals surface area (Å²) in [6.45, 7) is 5.82. The second-order valence-corrected chi connectivity index (χ2v) is 4.45. The van der Waals surface area contributed by atoms with Crippen LogP contribution in [0.25, 0.3) is 0 Å². The summed E-state index contributed by atoms with van der Waals surface area (Å²) in [5.74, 6) is 0.886. The smallest absolute Gasteiger partial charge is 0.243 e. The van der Waals surface area contributed by atoms with Crippen molar-refractivity contribution in [2.24, 2.45) is 4.99 Å². The Hall–Kier alpha value is -1.73. The van der Waals surface area contributed by atoms with Gasteiger partial charge in [0.05, 0.1) is 6.61 Å². The number of aliphatic imine (C=N–C) groups is 1. The molecule has 0 spiro atoms. The van der Waals surface area contributed by atoms with E-state index in [9.17, 15) is 0 Å². The Morgan fingerprint density at radius 2 is 2.00 bits per heavy atom. The second-order valence-electron chi connectivity index (χ2n) is 4.02. The molecule has 0 radical (unpaired) electrons. The number of nitrogens with zero attached hydrogens (tertiary/aromatic N) is 2. The number of benzene rings is 1. The van der Waals surface area contributed by atoms with Gasteiger partial charge in [-0.05, 0) is 45.0 Å². The molecule has 0 unspecified atom stereocenters. The van der Waals surface area contributed by atoms with Gasteiger partial charge in [0.2, 0.25) is 12.1 Å². The molecule has 0 N–H and O–H groups in total.